The molecule has 1 fully saturated rings. The fourth-order valence-corrected chi connectivity index (χ4v) is 2.79. The quantitative estimate of drug-likeness (QED) is 0.615. The van der Waals surface area contributed by atoms with Crippen LogP contribution < -0.4 is 25.4 Å². The number of benzene rings is 1. The highest BCUT2D eigenvalue weighted by atomic mass is 16.5. The first-order chi connectivity index (χ1) is 12.2. The van der Waals surface area contributed by atoms with E-state index >= 15 is 0 Å². The summed E-state index contributed by atoms with van der Waals surface area (Å²) >= 11 is 0. The van der Waals surface area contributed by atoms with Crippen molar-refractivity contribution in [2.24, 2.45) is 0 Å². The van der Waals surface area contributed by atoms with E-state index in [2.05, 4.69) is 20.9 Å². The molecule has 1 heterocycles. The first-order valence-electron chi connectivity index (χ1n) is 8.97. The van der Waals surface area contributed by atoms with Gasteiger partial charge in [0.15, 0.2) is 11.5 Å². The summed E-state index contributed by atoms with van der Waals surface area (Å²) in [6, 6.07) is 5.74. The van der Waals surface area contributed by atoms with E-state index in [1.165, 1.54) is 0 Å². The highest BCUT2D eigenvalue weighted by Gasteiger charge is 2.09. The van der Waals surface area contributed by atoms with E-state index in [1.807, 2.05) is 25.1 Å². The molecule has 3 N–H and O–H groups in total. The standard InChI is InChI=1S/C18H30N4O3/c1-3-25-16-5-4-15(14-17(16)24-2)6-7-20-18(23)21-10-13-22-11-8-19-9-12-22/h4-5,14,19H,3,6-13H2,1-2H3,(H2,20,21,23). The summed E-state index contributed by atoms with van der Waals surface area (Å²) in [7, 11) is 1.63. The van der Waals surface area contributed by atoms with E-state index < -0.39 is 0 Å². The Balaban J connectivity index is 1.64. The number of carbonyl (C=O) groups excluding carboxylic acids is 1. The number of urea groups is 1. The van der Waals surface area contributed by atoms with Crippen molar-refractivity contribution >= 4 is 6.03 Å². The van der Waals surface area contributed by atoms with Gasteiger partial charge < -0.3 is 25.4 Å². The van der Waals surface area contributed by atoms with Crippen molar-refractivity contribution in [2.45, 2.75) is 13.3 Å². The molecule has 25 heavy (non-hydrogen) atoms. The minimum Gasteiger partial charge on any atom is -0.493 e. The summed E-state index contributed by atoms with van der Waals surface area (Å²) in [5, 5.41) is 9.12. The monoisotopic (exact) mass is 350 g/mol. The number of piperazine rings is 1. The molecule has 2 rings (SSSR count). The molecule has 1 aromatic rings. The number of nitrogens with zero attached hydrogens (tertiary/aromatic N) is 1. The molecular weight excluding hydrogens is 320 g/mol. The normalized spacial score (nSPS) is 14.8. The zero-order chi connectivity index (χ0) is 17.9. The molecule has 0 unspecified atom stereocenters. The van der Waals surface area contributed by atoms with Crippen LogP contribution in [0.25, 0.3) is 0 Å². The van der Waals surface area contributed by atoms with Crippen molar-refractivity contribution in [1.82, 2.24) is 20.9 Å². The zero-order valence-corrected chi connectivity index (χ0v) is 15.3. The Kier molecular flexibility index (Phi) is 8.34. The summed E-state index contributed by atoms with van der Waals surface area (Å²) in [4.78, 5) is 14.2. The number of hydrogen-bond acceptors (Lipinski definition) is 5. The maximum atomic E-state index is 11.8. The summed E-state index contributed by atoms with van der Waals surface area (Å²) in [6.45, 7) is 8.83. The predicted molar refractivity (Wildman–Crippen MR) is 98.6 cm³/mol. The lowest BCUT2D eigenvalue weighted by Crippen LogP contribution is -2.47. The van der Waals surface area contributed by atoms with E-state index in [4.69, 9.17) is 9.47 Å². The Hall–Kier alpha value is -1.99. The van der Waals surface area contributed by atoms with Crippen LogP contribution in [0.4, 0.5) is 4.79 Å². The van der Waals surface area contributed by atoms with Gasteiger partial charge in [-0.05, 0) is 31.0 Å². The van der Waals surface area contributed by atoms with Crippen LogP contribution in [0.5, 0.6) is 11.5 Å². The molecule has 140 valence electrons. The van der Waals surface area contributed by atoms with Gasteiger partial charge in [0.05, 0.1) is 13.7 Å². The Bertz CT molecular complexity index is 533. The average Bonchev–Trinajstić information content (AvgIpc) is 2.64. The number of rotatable bonds is 9. The van der Waals surface area contributed by atoms with Crippen molar-refractivity contribution in [3.8, 4) is 11.5 Å². The molecule has 7 nitrogen and oxygen atoms in total. The Morgan fingerprint density at radius 2 is 1.96 bits per heavy atom. The van der Waals surface area contributed by atoms with Crippen molar-refractivity contribution < 1.29 is 14.3 Å². The van der Waals surface area contributed by atoms with Crippen LogP contribution in [0.1, 0.15) is 12.5 Å². The number of nitrogens with one attached hydrogen (secondary N) is 3. The Labute approximate surface area is 150 Å². The Morgan fingerprint density at radius 1 is 1.20 bits per heavy atom. The van der Waals surface area contributed by atoms with Gasteiger partial charge in [-0.15, -0.1) is 0 Å². The van der Waals surface area contributed by atoms with Crippen LogP contribution in [0, 0.1) is 0 Å². The molecule has 1 aliphatic rings. The molecule has 1 saturated heterocycles. The van der Waals surface area contributed by atoms with Crippen molar-refractivity contribution in [3.63, 3.8) is 0 Å². The van der Waals surface area contributed by atoms with Gasteiger partial charge in [-0.1, -0.05) is 6.07 Å². The Morgan fingerprint density at radius 3 is 2.68 bits per heavy atom. The molecule has 0 spiro atoms. The molecule has 7 heteroatoms. The molecule has 2 amide bonds. The van der Waals surface area contributed by atoms with Gasteiger partial charge in [0.25, 0.3) is 0 Å². The average molecular weight is 350 g/mol. The summed E-state index contributed by atoms with van der Waals surface area (Å²) in [6.07, 6.45) is 0.744. The molecule has 0 aliphatic carbocycles. The largest absolute Gasteiger partial charge is 0.493 e. The third-order valence-corrected chi connectivity index (χ3v) is 4.15. The minimum atomic E-state index is -0.118. The maximum Gasteiger partial charge on any atom is 0.314 e. The highest BCUT2D eigenvalue weighted by Crippen LogP contribution is 2.28. The fourth-order valence-electron chi connectivity index (χ4n) is 2.79. The maximum absolute atomic E-state index is 11.8. The van der Waals surface area contributed by atoms with Gasteiger partial charge in [-0.25, -0.2) is 4.79 Å². The summed E-state index contributed by atoms with van der Waals surface area (Å²) < 4.78 is 10.9. The number of methoxy groups -OCH3 is 1. The van der Waals surface area contributed by atoms with Crippen LogP contribution in [0.3, 0.4) is 0 Å². The molecule has 0 saturated carbocycles. The van der Waals surface area contributed by atoms with Gasteiger partial charge in [0.2, 0.25) is 0 Å². The zero-order valence-electron chi connectivity index (χ0n) is 15.3. The smallest absolute Gasteiger partial charge is 0.314 e. The van der Waals surface area contributed by atoms with Gasteiger partial charge in [0.1, 0.15) is 0 Å². The van der Waals surface area contributed by atoms with Crippen LogP contribution >= 0.6 is 0 Å². The molecule has 1 aromatic carbocycles. The molecule has 0 bridgehead atoms. The molecular formula is C18H30N4O3. The fraction of sp³-hybridized carbons (Fsp3) is 0.611. The number of amides is 2. The highest BCUT2D eigenvalue weighted by molar-refractivity contribution is 5.73. The van der Waals surface area contributed by atoms with E-state index in [9.17, 15) is 4.79 Å². The molecule has 1 aliphatic heterocycles. The SMILES string of the molecule is CCOc1ccc(CCNC(=O)NCCN2CCNCC2)cc1OC. The summed E-state index contributed by atoms with van der Waals surface area (Å²) in [5.41, 5.74) is 1.10. The lowest BCUT2D eigenvalue weighted by molar-refractivity contribution is 0.227. The second-order valence-corrected chi connectivity index (χ2v) is 5.94. The molecule has 0 aromatic heterocycles. The van der Waals surface area contributed by atoms with Gasteiger partial charge >= 0.3 is 6.03 Å². The van der Waals surface area contributed by atoms with E-state index in [0.29, 0.717) is 19.7 Å². The van der Waals surface area contributed by atoms with Crippen LogP contribution in [0.2, 0.25) is 0 Å². The third kappa shape index (κ3) is 6.80. The third-order valence-electron chi connectivity index (χ3n) is 4.15. The lowest BCUT2D eigenvalue weighted by atomic mass is 10.1. The second kappa shape index (κ2) is 10.8. The number of ether oxygens (including phenoxy) is 2. The topological polar surface area (TPSA) is 74.9 Å². The predicted octanol–water partition coefficient (Wildman–Crippen LogP) is 0.841. The van der Waals surface area contributed by atoms with Crippen molar-refractivity contribution in [1.29, 1.82) is 0 Å². The van der Waals surface area contributed by atoms with Gasteiger partial charge in [-0.2, -0.15) is 0 Å². The summed E-state index contributed by atoms with van der Waals surface area (Å²) in [5.74, 6) is 1.46. The molecule has 0 atom stereocenters. The first-order valence-corrected chi connectivity index (χ1v) is 8.97. The second-order valence-electron chi connectivity index (χ2n) is 5.94. The van der Waals surface area contributed by atoms with E-state index in [-0.39, 0.29) is 6.03 Å². The first kappa shape index (κ1) is 19.3. The van der Waals surface area contributed by atoms with Crippen molar-refractivity contribution in [2.75, 3.05) is 59.5 Å². The van der Waals surface area contributed by atoms with Crippen LogP contribution in [-0.2, 0) is 6.42 Å². The molecule has 0 radical (unpaired) electrons. The number of carbonyl (C=O) groups is 1. The van der Waals surface area contributed by atoms with Gasteiger partial charge in [0, 0.05) is 45.8 Å². The van der Waals surface area contributed by atoms with Crippen LogP contribution in [0.15, 0.2) is 18.2 Å². The van der Waals surface area contributed by atoms with E-state index in [0.717, 1.165) is 56.2 Å². The van der Waals surface area contributed by atoms with E-state index in [1.54, 1.807) is 7.11 Å². The lowest BCUT2D eigenvalue weighted by Gasteiger charge is -2.27. The minimum absolute atomic E-state index is 0.118. The number of hydrogen-bond donors (Lipinski definition) is 3. The van der Waals surface area contributed by atoms with Crippen LogP contribution in [-0.4, -0.2) is 70.5 Å². The van der Waals surface area contributed by atoms with Gasteiger partial charge in [-0.3, -0.25) is 4.90 Å². The van der Waals surface area contributed by atoms with Crippen molar-refractivity contribution in [3.05, 3.63) is 23.8 Å².